The van der Waals surface area contributed by atoms with Crippen molar-refractivity contribution in [3.05, 3.63) is 12.2 Å². The van der Waals surface area contributed by atoms with Crippen LogP contribution < -0.4 is 21.3 Å². The molecule has 1 aliphatic heterocycles. The van der Waals surface area contributed by atoms with Crippen LogP contribution in [0.2, 0.25) is 0 Å². The molecular formula is C62H111N11O12. The van der Waals surface area contributed by atoms with Gasteiger partial charge in [-0.2, -0.15) is 0 Å². The smallest absolute Gasteiger partial charge is 0.246 e. The quantitative estimate of drug-likeness (QED) is 0.148. The first-order valence-electron chi connectivity index (χ1n) is 30.6. The molecule has 11 amide bonds. The lowest BCUT2D eigenvalue weighted by atomic mass is 9.91. The van der Waals surface area contributed by atoms with Crippen molar-refractivity contribution in [3.8, 4) is 0 Å². The second-order valence-electron chi connectivity index (χ2n) is 26.1. The van der Waals surface area contributed by atoms with Crippen LogP contribution in [0, 0.1) is 41.4 Å². The molecule has 0 aromatic heterocycles. The number of carbonyl (C=O) groups excluding carboxylic acids is 11. The number of aliphatic hydroxyl groups excluding tert-OH is 1. The largest absolute Gasteiger partial charge is 0.390 e. The number of nitrogens with zero attached hydrogens (tertiary/aromatic N) is 7. The van der Waals surface area contributed by atoms with E-state index in [0.29, 0.717) is 6.42 Å². The Morgan fingerprint density at radius 1 is 0.459 bits per heavy atom. The van der Waals surface area contributed by atoms with E-state index in [1.807, 2.05) is 61.5 Å². The molecule has 0 aromatic rings. The lowest BCUT2D eigenvalue weighted by molar-refractivity contribution is -0.157. The molecule has 2 unspecified atom stereocenters. The van der Waals surface area contributed by atoms with Gasteiger partial charge in [0.25, 0.3) is 0 Å². The zero-order valence-corrected chi connectivity index (χ0v) is 56.1. The first kappa shape index (κ1) is 76.9. The van der Waals surface area contributed by atoms with Crippen LogP contribution in [0.3, 0.4) is 0 Å². The summed E-state index contributed by atoms with van der Waals surface area (Å²) < 4.78 is 0. The SMILES string of the molecule is CC=CC[C@@H](C)[C@@H](O)C1C(=O)N[C@@H](CC)C(=O)N(C)CC(=O)N(C)[C@@H](CC(C)C)C(=O)N[C@@H](C(C)C)C(=O)N(C)[C@@H](CC(C)C)C(=O)N[C@H](C)C(=O)NC(C)C(=O)N(C)[C@H](CC(C)C)C(=O)N(C)[C@@H](CC(C)C)C(=O)N(C)[C@@H](C(C)C)C(=O)N1C. The zero-order valence-electron chi connectivity index (χ0n) is 56.1. The summed E-state index contributed by atoms with van der Waals surface area (Å²) in [6.07, 6.45) is 3.04. The topological polar surface area (TPSA) is 279 Å². The van der Waals surface area contributed by atoms with Crippen molar-refractivity contribution in [1.29, 1.82) is 0 Å². The zero-order chi connectivity index (χ0) is 66.0. The molecule has 1 fully saturated rings. The minimum absolute atomic E-state index is 0.0229. The second kappa shape index (κ2) is 34.9. The molecular weight excluding hydrogens is 1090 g/mol. The Balaban J connectivity index is 4.32. The van der Waals surface area contributed by atoms with Crippen LogP contribution in [-0.4, -0.2) is 227 Å². The predicted octanol–water partition coefficient (Wildman–Crippen LogP) is 3.27. The molecule has 0 bridgehead atoms. The first-order chi connectivity index (χ1) is 39.2. The summed E-state index contributed by atoms with van der Waals surface area (Å²) in [6, 6.07) is -12.3. The first-order valence-corrected chi connectivity index (χ1v) is 30.6. The maximum absolute atomic E-state index is 15.1. The maximum Gasteiger partial charge on any atom is 0.246 e. The molecule has 1 saturated heterocycles. The van der Waals surface area contributed by atoms with Crippen LogP contribution in [0.15, 0.2) is 12.2 Å². The van der Waals surface area contributed by atoms with Gasteiger partial charge in [0, 0.05) is 49.3 Å². The standard InChI is InChI=1S/C62H111N11O12/c1-25-27-28-40(15)52(75)51-56(79)65-43(26-2)58(81)67(18)33-48(74)68(19)44(29-34(3)4)55(78)66-49(38(11)12)61(84)69(20)45(30-35(5)6)54(77)63-41(16)53(76)64-42(17)57(80)70(21)46(31-36(7)8)59(82)71(22)47(32-37(9)10)60(83)72(23)50(39(13)14)62(85)73(51)24/h25,27,34-47,49-52,75H,26,28-33H2,1-24H3,(H,63,77)(H,64,76)(H,65,79)(H,66,78)/t40-,41-,42?,43+,44+,45+,46-,47+,49+,50+,51?,52-/m1/s1. The molecule has 486 valence electrons. The molecule has 1 rings (SSSR count). The van der Waals surface area contributed by atoms with Crippen LogP contribution >= 0.6 is 0 Å². The van der Waals surface area contributed by atoms with Gasteiger partial charge in [0.15, 0.2) is 0 Å². The third-order valence-corrected chi connectivity index (χ3v) is 16.1. The Kier molecular flexibility index (Phi) is 31.5. The molecule has 23 nitrogen and oxygen atoms in total. The van der Waals surface area contributed by atoms with E-state index in [0.717, 1.165) is 9.80 Å². The number of carbonyl (C=O) groups is 11. The van der Waals surface area contributed by atoms with Gasteiger partial charge in [0.05, 0.1) is 12.6 Å². The average molecular weight is 1200 g/mol. The summed E-state index contributed by atoms with van der Waals surface area (Å²) in [5.74, 6) is -9.71. The van der Waals surface area contributed by atoms with E-state index < -0.39 is 156 Å². The highest BCUT2D eigenvalue weighted by Gasteiger charge is 2.45. The summed E-state index contributed by atoms with van der Waals surface area (Å²) in [4.78, 5) is 169. The van der Waals surface area contributed by atoms with Gasteiger partial charge in [0.2, 0.25) is 65.0 Å². The van der Waals surface area contributed by atoms with E-state index in [1.54, 1.807) is 54.5 Å². The number of nitrogens with one attached hydrogen (secondary N) is 4. The van der Waals surface area contributed by atoms with E-state index in [-0.39, 0.29) is 55.8 Å². The van der Waals surface area contributed by atoms with Gasteiger partial charge in [-0.05, 0) is 101 Å². The Hall–Kier alpha value is -6.13. The van der Waals surface area contributed by atoms with Gasteiger partial charge in [-0.1, -0.05) is 109 Å². The van der Waals surface area contributed by atoms with Crippen molar-refractivity contribution in [2.75, 3.05) is 55.9 Å². The monoisotopic (exact) mass is 1200 g/mol. The van der Waals surface area contributed by atoms with Gasteiger partial charge in [0.1, 0.15) is 60.4 Å². The van der Waals surface area contributed by atoms with Gasteiger partial charge < -0.3 is 60.7 Å². The number of aliphatic hydroxyl groups is 1. The van der Waals surface area contributed by atoms with Crippen LogP contribution in [-0.2, 0) is 52.7 Å². The fourth-order valence-electron chi connectivity index (χ4n) is 10.7. The lowest BCUT2D eigenvalue weighted by Crippen LogP contribution is -2.63. The van der Waals surface area contributed by atoms with E-state index in [1.165, 1.54) is 87.7 Å². The van der Waals surface area contributed by atoms with Crippen LogP contribution in [0.25, 0.3) is 0 Å². The van der Waals surface area contributed by atoms with Gasteiger partial charge in [-0.15, -0.1) is 0 Å². The summed E-state index contributed by atoms with van der Waals surface area (Å²) in [7, 11) is 9.92. The lowest BCUT2D eigenvalue weighted by Gasteiger charge is -2.41. The molecule has 23 heteroatoms. The molecule has 0 aliphatic carbocycles. The predicted molar refractivity (Wildman–Crippen MR) is 328 cm³/mol. The van der Waals surface area contributed by atoms with Crippen molar-refractivity contribution in [1.82, 2.24) is 55.6 Å². The van der Waals surface area contributed by atoms with Crippen molar-refractivity contribution in [2.24, 2.45) is 41.4 Å². The highest BCUT2D eigenvalue weighted by atomic mass is 16.3. The van der Waals surface area contributed by atoms with Crippen molar-refractivity contribution < 1.29 is 57.8 Å². The normalized spacial score (nSPS) is 26.9. The molecule has 0 spiro atoms. The van der Waals surface area contributed by atoms with Crippen LogP contribution in [0.1, 0.15) is 156 Å². The van der Waals surface area contributed by atoms with E-state index in [4.69, 9.17) is 0 Å². The molecule has 0 aromatic carbocycles. The fourth-order valence-corrected chi connectivity index (χ4v) is 10.7. The highest BCUT2D eigenvalue weighted by molar-refractivity contribution is 5.99. The highest BCUT2D eigenvalue weighted by Crippen LogP contribution is 2.26. The third-order valence-electron chi connectivity index (χ3n) is 16.1. The Labute approximate surface area is 508 Å². The number of allylic oxidation sites excluding steroid dienone is 2. The molecule has 85 heavy (non-hydrogen) atoms. The van der Waals surface area contributed by atoms with Crippen molar-refractivity contribution in [2.45, 2.75) is 223 Å². The van der Waals surface area contributed by atoms with E-state index in [2.05, 4.69) is 21.3 Å². The number of hydrogen-bond acceptors (Lipinski definition) is 12. The molecule has 1 heterocycles. The molecule has 12 atom stereocenters. The number of hydrogen-bond donors (Lipinski definition) is 5. The van der Waals surface area contributed by atoms with E-state index >= 15 is 9.59 Å². The minimum Gasteiger partial charge on any atom is -0.390 e. The summed E-state index contributed by atoms with van der Waals surface area (Å²) in [5.41, 5.74) is 0. The van der Waals surface area contributed by atoms with Crippen LogP contribution in [0.5, 0.6) is 0 Å². The Morgan fingerprint density at radius 2 is 0.871 bits per heavy atom. The number of rotatable bonds is 15. The fraction of sp³-hybridized carbons (Fsp3) is 0.790. The van der Waals surface area contributed by atoms with Crippen molar-refractivity contribution >= 4 is 65.0 Å². The van der Waals surface area contributed by atoms with Gasteiger partial charge in [-0.3, -0.25) is 52.7 Å². The summed E-state index contributed by atoms with van der Waals surface area (Å²) >= 11 is 0. The summed E-state index contributed by atoms with van der Waals surface area (Å²) in [6.45, 7) is 29.3. The van der Waals surface area contributed by atoms with Crippen molar-refractivity contribution in [3.63, 3.8) is 0 Å². The minimum atomic E-state index is -1.61. The number of likely N-dealkylation sites (N-methyl/N-ethyl adjacent to an activating group) is 7. The van der Waals surface area contributed by atoms with Gasteiger partial charge >= 0.3 is 0 Å². The summed E-state index contributed by atoms with van der Waals surface area (Å²) in [5, 5.41) is 23.1. The third kappa shape index (κ3) is 21.7. The number of amides is 11. The Morgan fingerprint density at radius 3 is 1.32 bits per heavy atom. The molecule has 1 aliphatic rings. The van der Waals surface area contributed by atoms with Crippen LogP contribution in [0.4, 0.5) is 0 Å². The maximum atomic E-state index is 15.1. The molecule has 0 saturated carbocycles. The molecule has 0 radical (unpaired) electrons. The average Bonchev–Trinajstić information content (AvgIpc) is 3.62. The van der Waals surface area contributed by atoms with E-state index in [9.17, 15) is 48.3 Å². The molecule has 5 N–H and O–H groups in total. The Bertz CT molecular complexity index is 2330. The van der Waals surface area contributed by atoms with Gasteiger partial charge in [-0.25, -0.2) is 0 Å². The second-order valence-corrected chi connectivity index (χ2v) is 26.1.